The Morgan fingerprint density at radius 1 is 1.00 bits per heavy atom. The molecule has 0 bridgehead atoms. The molecule has 2 aliphatic rings. The maximum Gasteiger partial charge on any atom is 0.264 e. The zero-order valence-electron chi connectivity index (χ0n) is 17.3. The summed E-state index contributed by atoms with van der Waals surface area (Å²) in [7, 11) is -3.70. The summed E-state index contributed by atoms with van der Waals surface area (Å²) in [4.78, 5) is 15.4. The van der Waals surface area contributed by atoms with E-state index in [4.69, 9.17) is 11.6 Å². The molecular weight excluding hydrogens is 512 g/mol. The molecule has 3 aromatic rings. The van der Waals surface area contributed by atoms with Crippen molar-refractivity contribution < 1.29 is 13.2 Å². The van der Waals surface area contributed by atoms with Gasteiger partial charge in [0.1, 0.15) is 0 Å². The highest BCUT2D eigenvalue weighted by atomic mass is 79.9. The molecule has 0 aliphatic carbocycles. The van der Waals surface area contributed by atoms with Gasteiger partial charge in [0, 0.05) is 33.3 Å². The van der Waals surface area contributed by atoms with Crippen molar-refractivity contribution in [2.45, 2.75) is 30.7 Å². The number of nitrogens with zero attached hydrogens (tertiary/aromatic N) is 2. The van der Waals surface area contributed by atoms with Crippen LogP contribution in [-0.4, -0.2) is 26.9 Å². The average molecular weight is 532 g/mol. The molecule has 164 valence electrons. The Morgan fingerprint density at radius 2 is 1.72 bits per heavy atom. The van der Waals surface area contributed by atoms with Crippen LogP contribution in [-0.2, 0) is 22.9 Å². The first kappa shape index (κ1) is 21.5. The summed E-state index contributed by atoms with van der Waals surface area (Å²) >= 11 is 9.40. The van der Waals surface area contributed by atoms with Crippen molar-refractivity contribution in [3.8, 4) is 0 Å². The number of amides is 1. The standard InChI is InChI=1S/C24H20BrClN2O3S/c1-15-12-18-14-19(25)3-9-23(18)28(15)24(29)17-2-8-22-16(13-17)10-11-27(22)32(30,31)21-6-4-20(26)5-7-21/h2-9,13-15H,10-12H2,1H3. The number of rotatable bonds is 3. The monoisotopic (exact) mass is 530 g/mol. The zero-order valence-corrected chi connectivity index (χ0v) is 20.4. The first-order valence-corrected chi connectivity index (χ1v) is 12.9. The molecule has 5 rings (SSSR count). The van der Waals surface area contributed by atoms with E-state index in [0.717, 1.165) is 27.7 Å². The molecule has 0 spiro atoms. The second kappa shape index (κ2) is 7.90. The number of carbonyl (C=O) groups excluding carboxylic acids is 1. The largest absolute Gasteiger partial charge is 0.305 e. The number of sulfonamides is 1. The van der Waals surface area contributed by atoms with Crippen molar-refractivity contribution in [3.63, 3.8) is 0 Å². The Kier molecular flexibility index (Phi) is 5.31. The second-order valence-corrected chi connectivity index (χ2v) is 11.3. The van der Waals surface area contributed by atoms with Crippen molar-refractivity contribution in [2.75, 3.05) is 15.7 Å². The molecule has 32 heavy (non-hydrogen) atoms. The normalized spacial score (nSPS) is 17.4. The van der Waals surface area contributed by atoms with Gasteiger partial charge in [-0.1, -0.05) is 27.5 Å². The van der Waals surface area contributed by atoms with Gasteiger partial charge in [0.05, 0.1) is 10.6 Å². The van der Waals surface area contributed by atoms with Gasteiger partial charge in [-0.05, 0) is 91.6 Å². The van der Waals surface area contributed by atoms with Crippen molar-refractivity contribution in [1.82, 2.24) is 0 Å². The Labute approximate surface area is 200 Å². The van der Waals surface area contributed by atoms with Crippen LogP contribution < -0.4 is 9.21 Å². The molecule has 0 aromatic heterocycles. The van der Waals surface area contributed by atoms with Crippen LogP contribution in [0.15, 0.2) is 70.0 Å². The van der Waals surface area contributed by atoms with E-state index in [2.05, 4.69) is 22.0 Å². The third-order valence-corrected chi connectivity index (χ3v) is 8.63. The van der Waals surface area contributed by atoms with Crippen molar-refractivity contribution in [3.05, 3.63) is 86.8 Å². The molecule has 5 nitrogen and oxygen atoms in total. The molecule has 0 saturated carbocycles. The molecule has 0 saturated heterocycles. The molecule has 2 aliphatic heterocycles. The van der Waals surface area contributed by atoms with Crippen LogP contribution in [0.2, 0.25) is 5.02 Å². The van der Waals surface area contributed by atoms with Crippen LogP contribution in [0.4, 0.5) is 11.4 Å². The van der Waals surface area contributed by atoms with Crippen molar-refractivity contribution in [1.29, 1.82) is 0 Å². The van der Waals surface area contributed by atoms with Gasteiger partial charge in [-0.2, -0.15) is 0 Å². The minimum atomic E-state index is -3.70. The van der Waals surface area contributed by atoms with E-state index in [1.165, 1.54) is 16.4 Å². The van der Waals surface area contributed by atoms with Gasteiger partial charge in [-0.3, -0.25) is 9.10 Å². The van der Waals surface area contributed by atoms with Crippen molar-refractivity contribution >= 4 is 54.8 Å². The van der Waals surface area contributed by atoms with E-state index in [9.17, 15) is 13.2 Å². The van der Waals surface area contributed by atoms with E-state index < -0.39 is 10.0 Å². The predicted octanol–water partition coefficient (Wildman–Crippen LogP) is 5.45. The third kappa shape index (κ3) is 3.52. The number of carbonyl (C=O) groups is 1. The SMILES string of the molecule is CC1Cc2cc(Br)ccc2N1C(=O)c1ccc2c(c1)CCN2S(=O)(=O)c1ccc(Cl)cc1. The average Bonchev–Trinajstić information content (AvgIpc) is 3.33. The van der Waals surface area contributed by atoms with Crippen LogP contribution in [0, 0.1) is 0 Å². The molecule has 1 atom stereocenters. The lowest BCUT2D eigenvalue weighted by Crippen LogP contribution is -2.35. The number of halogens is 2. The fraction of sp³-hybridized carbons (Fsp3) is 0.208. The molecule has 1 amide bonds. The topological polar surface area (TPSA) is 57.7 Å². The second-order valence-electron chi connectivity index (χ2n) is 8.13. The number of benzene rings is 3. The number of hydrogen-bond acceptors (Lipinski definition) is 3. The minimum absolute atomic E-state index is 0.0573. The molecule has 1 unspecified atom stereocenters. The maximum atomic E-state index is 13.4. The highest BCUT2D eigenvalue weighted by Gasteiger charge is 2.34. The predicted molar refractivity (Wildman–Crippen MR) is 130 cm³/mol. The lowest BCUT2D eigenvalue weighted by atomic mass is 10.1. The fourth-order valence-electron chi connectivity index (χ4n) is 4.54. The fourth-order valence-corrected chi connectivity index (χ4v) is 6.57. The van der Waals surface area contributed by atoms with Gasteiger partial charge in [-0.15, -0.1) is 0 Å². The van der Waals surface area contributed by atoms with Gasteiger partial charge in [0.2, 0.25) is 0 Å². The number of hydrogen-bond donors (Lipinski definition) is 0. The summed E-state index contributed by atoms with van der Waals surface area (Å²) in [5.41, 5.74) is 4.11. The smallest absolute Gasteiger partial charge is 0.264 e. The number of fused-ring (bicyclic) bond motifs is 2. The highest BCUT2D eigenvalue weighted by molar-refractivity contribution is 9.10. The molecule has 0 fully saturated rings. The Hall–Kier alpha value is -2.35. The van der Waals surface area contributed by atoms with Gasteiger partial charge in [-0.25, -0.2) is 8.42 Å². The molecular formula is C24H20BrClN2O3S. The van der Waals surface area contributed by atoms with Crippen LogP contribution >= 0.6 is 27.5 Å². The van der Waals surface area contributed by atoms with Gasteiger partial charge in [0.25, 0.3) is 15.9 Å². The highest BCUT2D eigenvalue weighted by Crippen LogP contribution is 2.37. The Morgan fingerprint density at radius 3 is 2.47 bits per heavy atom. The van der Waals surface area contributed by atoms with E-state index >= 15 is 0 Å². The van der Waals surface area contributed by atoms with Gasteiger partial charge < -0.3 is 4.90 Å². The third-order valence-electron chi connectivity index (χ3n) is 6.06. The summed E-state index contributed by atoms with van der Waals surface area (Å²) in [6, 6.07) is 17.5. The maximum absolute atomic E-state index is 13.4. The lowest BCUT2D eigenvalue weighted by Gasteiger charge is -2.23. The summed E-state index contributed by atoms with van der Waals surface area (Å²) in [5.74, 6) is -0.0691. The van der Waals surface area contributed by atoms with E-state index in [0.29, 0.717) is 29.2 Å². The van der Waals surface area contributed by atoms with Crippen LogP contribution in [0.5, 0.6) is 0 Å². The van der Waals surface area contributed by atoms with E-state index in [1.54, 1.807) is 24.3 Å². The Bertz CT molecular complexity index is 1340. The first-order chi connectivity index (χ1) is 15.3. The molecule has 3 aromatic carbocycles. The molecule has 8 heteroatoms. The first-order valence-electron chi connectivity index (χ1n) is 10.3. The molecule has 0 N–H and O–H groups in total. The summed E-state index contributed by atoms with van der Waals surface area (Å²) in [6.45, 7) is 2.38. The van der Waals surface area contributed by atoms with Gasteiger partial charge in [0.15, 0.2) is 0 Å². The summed E-state index contributed by atoms with van der Waals surface area (Å²) in [6.07, 6.45) is 1.36. The van der Waals surface area contributed by atoms with Gasteiger partial charge >= 0.3 is 0 Å². The van der Waals surface area contributed by atoms with E-state index in [1.807, 2.05) is 30.0 Å². The quantitative estimate of drug-likeness (QED) is 0.452. The molecule has 2 heterocycles. The van der Waals surface area contributed by atoms with Crippen LogP contribution in [0.25, 0.3) is 0 Å². The summed E-state index contributed by atoms with van der Waals surface area (Å²) < 4.78 is 28.7. The lowest BCUT2D eigenvalue weighted by molar-refractivity contribution is 0.0981. The summed E-state index contributed by atoms with van der Waals surface area (Å²) in [5, 5.41) is 0.485. The van der Waals surface area contributed by atoms with E-state index in [-0.39, 0.29) is 16.8 Å². The van der Waals surface area contributed by atoms with Crippen LogP contribution in [0.1, 0.15) is 28.4 Å². The zero-order chi connectivity index (χ0) is 22.6. The molecule has 0 radical (unpaired) electrons. The number of anilines is 2. The van der Waals surface area contributed by atoms with Crippen LogP contribution in [0.3, 0.4) is 0 Å². The minimum Gasteiger partial charge on any atom is -0.305 e. The van der Waals surface area contributed by atoms with Crippen molar-refractivity contribution in [2.24, 2.45) is 0 Å². The Balaban J connectivity index is 1.46.